The summed E-state index contributed by atoms with van der Waals surface area (Å²) >= 11 is 0. The number of nitrogens with zero attached hydrogens (tertiary/aromatic N) is 5. The molecule has 1 aromatic carbocycles. The summed E-state index contributed by atoms with van der Waals surface area (Å²) in [6.07, 6.45) is 4.80. The number of aromatic nitrogens is 2. The first-order chi connectivity index (χ1) is 15.2. The van der Waals surface area contributed by atoms with Crippen LogP contribution in [0.15, 0.2) is 35.6 Å². The number of rotatable bonds is 9. The molecule has 1 saturated heterocycles. The quantitative estimate of drug-likeness (QED) is 0.369. The van der Waals surface area contributed by atoms with Crippen LogP contribution in [-0.4, -0.2) is 86.6 Å². The Morgan fingerprint density at radius 2 is 1.77 bits per heavy atom. The van der Waals surface area contributed by atoms with Gasteiger partial charge in [0.25, 0.3) is 0 Å². The van der Waals surface area contributed by atoms with E-state index in [-0.39, 0.29) is 0 Å². The summed E-state index contributed by atoms with van der Waals surface area (Å²) in [6, 6.07) is 5.99. The lowest BCUT2D eigenvalue weighted by Crippen LogP contribution is -2.52. The first-order valence-electron chi connectivity index (χ1n) is 10.6. The molecular weight excluding hydrogens is 396 g/mol. The molecule has 170 valence electrons. The normalized spacial score (nSPS) is 15.1. The Morgan fingerprint density at radius 3 is 2.32 bits per heavy atom. The van der Waals surface area contributed by atoms with Gasteiger partial charge < -0.3 is 24.4 Å². The third-order valence-electron chi connectivity index (χ3n) is 5.42. The number of nitrogens with one attached hydrogen (secondary N) is 1. The maximum Gasteiger partial charge on any atom is 0.203 e. The predicted octanol–water partition coefficient (Wildman–Crippen LogP) is 1.69. The van der Waals surface area contributed by atoms with Crippen molar-refractivity contribution in [3.8, 4) is 17.2 Å². The number of benzene rings is 1. The number of methoxy groups -OCH3 is 3. The van der Waals surface area contributed by atoms with E-state index in [1.807, 2.05) is 42.3 Å². The second-order valence-corrected chi connectivity index (χ2v) is 7.39. The van der Waals surface area contributed by atoms with E-state index in [9.17, 15) is 0 Å². The Kier molecular flexibility index (Phi) is 8.40. The van der Waals surface area contributed by atoms with Crippen LogP contribution < -0.4 is 19.5 Å². The van der Waals surface area contributed by atoms with Gasteiger partial charge >= 0.3 is 0 Å². The van der Waals surface area contributed by atoms with Gasteiger partial charge in [-0.3, -0.25) is 14.6 Å². The smallest absolute Gasteiger partial charge is 0.203 e. The van der Waals surface area contributed by atoms with E-state index in [1.165, 1.54) is 0 Å². The monoisotopic (exact) mass is 430 g/mol. The molecule has 0 spiro atoms. The molecule has 0 unspecified atom stereocenters. The number of aliphatic imine (C=N–C) groups is 1. The van der Waals surface area contributed by atoms with Gasteiger partial charge in [0.15, 0.2) is 17.5 Å². The van der Waals surface area contributed by atoms with Crippen molar-refractivity contribution in [2.45, 2.75) is 19.5 Å². The number of hydrogen-bond acceptors (Lipinski definition) is 6. The molecule has 0 amide bonds. The molecule has 1 aliphatic heterocycles. The maximum atomic E-state index is 5.48. The zero-order valence-electron chi connectivity index (χ0n) is 19.0. The van der Waals surface area contributed by atoms with Gasteiger partial charge in [-0.2, -0.15) is 5.10 Å². The molecule has 9 heteroatoms. The van der Waals surface area contributed by atoms with E-state index >= 15 is 0 Å². The van der Waals surface area contributed by atoms with Gasteiger partial charge in [-0.1, -0.05) is 0 Å². The fourth-order valence-corrected chi connectivity index (χ4v) is 3.81. The lowest BCUT2D eigenvalue weighted by Gasteiger charge is -2.36. The van der Waals surface area contributed by atoms with E-state index in [4.69, 9.17) is 14.2 Å². The van der Waals surface area contributed by atoms with Gasteiger partial charge in [-0.25, -0.2) is 0 Å². The van der Waals surface area contributed by atoms with Gasteiger partial charge in [-0.05, 0) is 30.2 Å². The molecule has 0 aliphatic carbocycles. The number of piperazine rings is 1. The third kappa shape index (κ3) is 6.04. The van der Waals surface area contributed by atoms with Gasteiger partial charge in [0.1, 0.15) is 0 Å². The highest BCUT2D eigenvalue weighted by Crippen LogP contribution is 2.38. The van der Waals surface area contributed by atoms with Crippen molar-refractivity contribution >= 4 is 5.96 Å². The van der Waals surface area contributed by atoms with Crippen molar-refractivity contribution in [2.75, 3.05) is 61.1 Å². The van der Waals surface area contributed by atoms with Crippen LogP contribution in [0.1, 0.15) is 12.0 Å². The van der Waals surface area contributed by atoms with Crippen LogP contribution in [0.25, 0.3) is 0 Å². The zero-order chi connectivity index (χ0) is 22.1. The molecule has 0 saturated carbocycles. The average Bonchev–Trinajstić information content (AvgIpc) is 3.32. The van der Waals surface area contributed by atoms with Crippen molar-refractivity contribution < 1.29 is 14.2 Å². The molecule has 31 heavy (non-hydrogen) atoms. The highest BCUT2D eigenvalue weighted by Gasteiger charge is 2.21. The van der Waals surface area contributed by atoms with Crippen molar-refractivity contribution in [3.05, 3.63) is 36.2 Å². The van der Waals surface area contributed by atoms with Crippen LogP contribution in [-0.2, 0) is 13.1 Å². The first-order valence-corrected chi connectivity index (χ1v) is 10.6. The van der Waals surface area contributed by atoms with Crippen molar-refractivity contribution in [1.82, 2.24) is 24.9 Å². The van der Waals surface area contributed by atoms with E-state index in [2.05, 4.69) is 25.2 Å². The fraction of sp³-hybridized carbons (Fsp3) is 0.545. The molecule has 9 nitrogen and oxygen atoms in total. The Labute approximate surface area is 184 Å². The molecule has 0 radical (unpaired) electrons. The summed E-state index contributed by atoms with van der Waals surface area (Å²) in [6.45, 7) is 6.40. The minimum Gasteiger partial charge on any atom is -0.493 e. The average molecular weight is 431 g/mol. The first kappa shape index (κ1) is 22.7. The van der Waals surface area contributed by atoms with E-state index in [0.717, 1.165) is 63.8 Å². The molecule has 1 aliphatic rings. The summed E-state index contributed by atoms with van der Waals surface area (Å²) in [5.41, 5.74) is 1.14. The molecule has 1 fully saturated rings. The number of hydrogen-bond donors (Lipinski definition) is 1. The van der Waals surface area contributed by atoms with Crippen LogP contribution >= 0.6 is 0 Å². The van der Waals surface area contributed by atoms with Crippen molar-refractivity contribution in [1.29, 1.82) is 0 Å². The SMILES string of the molecule is CN=C(NCCCn1cccn1)N1CCN(Cc2cc(OC)c(OC)c(OC)c2)CC1. The summed E-state index contributed by atoms with van der Waals surface area (Å²) in [4.78, 5) is 9.22. The molecule has 2 aromatic rings. The van der Waals surface area contributed by atoms with Gasteiger partial charge in [0, 0.05) is 65.3 Å². The van der Waals surface area contributed by atoms with Crippen LogP contribution in [0.3, 0.4) is 0 Å². The molecule has 3 rings (SSSR count). The summed E-state index contributed by atoms with van der Waals surface area (Å²) in [5.74, 6) is 2.97. The van der Waals surface area contributed by atoms with E-state index in [0.29, 0.717) is 17.2 Å². The standard InChI is InChI=1S/C22H34N6O3/c1-23-22(24-7-5-9-28-10-6-8-25-28)27-13-11-26(12-14-27)17-18-15-19(29-2)21(31-4)20(16-18)30-3/h6,8,10,15-16H,5,7,9,11-14,17H2,1-4H3,(H,23,24). The van der Waals surface area contributed by atoms with Crippen molar-refractivity contribution in [3.63, 3.8) is 0 Å². The summed E-state index contributed by atoms with van der Waals surface area (Å²) in [7, 11) is 6.76. The van der Waals surface area contributed by atoms with Crippen LogP contribution in [0.4, 0.5) is 0 Å². The topological polar surface area (TPSA) is 76.4 Å². The highest BCUT2D eigenvalue weighted by molar-refractivity contribution is 5.79. The largest absolute Gasteiger partial charge is 0.493 e. The van der Waals surface area contributed by atoms with Crippen LogP contribution in [0, 0.1) is 0 Å². The number of guanidine groups is 1. The van der Waals surface area contributed by atoms with Crippen LogP contribution in [0.5, 0.6) is 17.2 Å². The maximum absolute atomic E-state index is 5.48. The minimum absolute atomic E-state index is 0.626. The second-order valence-electron chi connectivity index (χ2n) is 7.39. The Hall–Kier alpha value is -2.94. The highest BCUT2D eigenvalue weighted by atomic mass is 16.5. The Bertz CT molecular complexity index is 807. The predicted molar refractivity (Wildman–Crippen MR) is 121 cm³/mol. The Balaban J connectivity index is 1.48. The molecule has 1 N–H and O–H groups in total. The Morgan fingerprint density at radius 1 is 1.06 bits per heavy atom. The lowest BCUT2D eigenvalue weighted by molar-refractivity contribution is 0.172. The fourth-order valence-electron chi connectivity index (χ4n) is 3.81. The van der Waals surface area contributed by atoms with E-state index in [1.54, 1.807) is 21.3 Å². The molecular formula is C22H34N6O3. The molecule has 0 atom stereocenters. The van der Waals surface area contributed by atoms with Crippen LogP contribution in [0.2, 0.25) is 0 Å². The number of ether oxygens (including phenoxy) is 3. The van der Waals surface area contributed by atoms with Gasteiger partial charge in [0.2, 0.25) is 5.75 Å². The second kappa shape index (κ2) is 11.5. The molecule has 1 aromatic heterocycles. The lowest BCUT2D eigenvalue weighted by atomic mass is 10.1. The van der Waals surface area contributed by atoms with Gasteiger partial charge in [0.05, 0.1) is 21.3 Å². The number of aryl methyl sites for hydroxylation is 1. The summed E-state index contributed by atoms with van der Waals surface area (Å²) in [5, 5.41) is 7.72. The molecule has 0 bridgehead atoms. The van der Waals surface area contributed by atoms with Crippen molar-refractivity contribution in [2.24, 2.45) is 4.99 Å². The van der Waals surface area contributed by atoms with Gasteiger partial charge in [-0.15, -0.1) is 0 Å². The zero-order valence-corrected chi connectivity index (χ0v) is 19.0. The molecule has 2 heterocycles. The minimum atomic E-state index is 0.626. The van der Waals surface area contributed by atoms with E-state index < -0.39 is 0 Å². The summed E-state index contributed by atoms with van der Waals surface area (Å²) < 4.78 is 18.3. The third-order valence-corrected chi connectivity index (χ3v) is 5.42.